The van der Waals surface area contributed by atoms with E-state index in [1.807, 2.05) is 0 Å². The number of nitro groups is 1. The molecule has 0 atom stereocenters. The summed E-state index contributed by atoms with van der Waals surface area (Å²) in [4.78, 5) is 31.6. The van der Waals surface area contributed by atoms with E-state index in [2.05, 4.69) is 0 Å². The number of non-ortho nitro benzene ring substituents is 1. The van der Waals surface area contributed by atoms with E-state index in [0.29, 0.717) is 0 Å². The van der Waals surface area contributed by atoms with Crippen molar-refractivity contribution in [2.75, 3.05) is 0 Å². The van der Waals surface area contributed by atoms with Gasteiger partial charge in [-0.05, 0) is 24.3 Å². The number of phenols is 1. The Balaban J connectivity index is 0.000000164. The van der Waals surface area contributed by atoms with Gasteiger partial charge in [-0.1, -0.05) is 12.1 Å². The van der Waals surface area contributed by atoms with Crippen molar-refractivity contribution in [3.8, 4) is 5.75 Å². The lowest BCUT2D eigenvalue weighted by molar-refractivity contribution is -0.384. The van der Waals surface area contributed by atoms with Crippen LogP contribution >= 0.6 is 0 Å². The number of amides is 2. The van der Waals surface area contributed by atoms with Crippen molar-refractivity contribution in [1.29, 1.82) is 0 Å². The molecule has 0 spiro atoms. The number of hydrogen-bond donors (Lipinski definition) is 2. The Morgan fingerprint density at radius 3 is 1.77 bits per heavy atom. The van der Waals surface area contributed by atoms with Crippen LogP contribution in [0, 0.1) is 10.1 Å². The second-order valence-electron chi connectivity index (χ2n) is 4.24. The molecule has 1 aliphatic rings. The Kier molecular flexibility index (Phi) is 4.14. The molecular formula is C14H10N2O6. The van der Waals surface area contributed by atoms with Crippen LogP contribution in [0.1, 0.15) is 20.7 Å². The Labute approximate surface area is 123 Å². The Hall–Kier alpha value is -3.26. The van der Waals surface area contributed by atoms with Crippen molar-refractivity contribution in [3.63, 3.8) is 0 Å². The third-order valence-corrected chi connectivity index (χ3v) is 2.83. The molecule has 2 N–H and O–H groups in total. The van der Waals surface area contributed by atoms with Gasteiger partial charge in [-0.15, -0.1) is 5.06 Å². The smallest absolute Gasteiger partial charge is 0.285 e. The van der Waals surface area contributed by atoms with Gasteiger partial charge in [0.2, 0.25) is 0 Å². The molecule has 0 aromatic heterocycles. The van der Waals surface area contributed by atoms with Crippen molar-refractivity contribution in [2.24, 2.45) is 0 Å². The first-order valence-electron chi connectivity index (χ1n) is 6.02. The second-order valence-corrected chi connectivity index (χ2v) is 4.24. The Morgan fingerprint density at radius 1 is 0.909 bits per heavy atom. The van der Waals surface area contributed by atoms with E-state index in [1.54, 1.807) is 12.1 Å². The Morgan fingerprint density at radius 2 is 1.36 bits per heavy atom. The monoisotopic (exact) mass is 302 g/mol. The van der Waals surface area contributed by atoms with E-state index >= 15 is 0 Å². The largest absolute Gasteiger partial charge is 0.508 e. The number of hydroxylamine groups is 2. The topological polar surface area (TPSA) is 121 Å². The number of rotatable bonds is 1. The first-order valence-corrected chi connectivity index (χ1v) is 6.02. The van der Waals surface area contributed by atoms with Gasteiger partial charge in [0.05, 0.1) is 16.1 Å². The number of carbonyl (C=O) groups is 2. The third-order valence-electron chi connectivity index (χ3n) is 2.83. The van der Waals surface area contributed by atoms with Crippen molar-refractivity contribution in [1.82, 2.24) is 5.06 Å². The number of fused-ring (bicyclic) bond motifs is 1. The fraction of sp³-hybridized carbons (Fsp3) is 0. The molecule has 0 bridgehead atoms. The molecule has 0 saturated carbocycles. The number of benzene rings is 2. The fourth-order valence-corrected chi connectivity index (χ4v) is 1.75. The highest BCUT2D eigenvalue weighted by atomic mass is 16.6. The molecule has 1 aliphatic heterocycles. The lowest BCUT2D eigenvalue weighted by Gasteiger charge is -1.99. The van der Waals surface area contributed by atoms with Crippen LogP contribution in [0.4, 0.5) is 5.69 Å². The fourth-order valence-electron chi connectivity index (χ4n) is 1.75. The molecule has 22 heavy (non-hydrogen) atoms. The minimum atomic E-state index is -0.657. The van der Waals surface area contributed by atoms with Crippen LogP contribution < -0.4 is 0 Å². The minimum Gasteiger partial charge on any atom is -0.508 e. The SMILES string of the molecule is O=C1c2ccccc2C(=O)N1O.O=[N+]([O-])c1ccc(O)cc1. The van der Waals surface area contributed by atoms with Crippen LogP contribution in [-0.2, 0) is 0 Å². The van der Waals surface area contributed by atoms with Crippen LogP contribution in [0.3, 0.4) is 0 Å². The zero-order valence-corrected chi connectivity index (χ0v) is 11.0. The van der Waals surface area contributed by atoms with Gasteiger partial charge in [-0.3, -0.25) is 24.9 Å². The molecule has 0 unspecified atom stereocenters. The van der Waals surface area contributed by atoms with Gasteiger partial charge in [0, 0.05) is 12.1 Å². The molecule has 0 aliphatic carbocycles. The highest BCUT2D eigenvalue weighted by molar-refractivity contribution is 6.20. The van der Waals surface area contributed by atoms with Gasteiger partial charge in [0.15, 0.2) is 0 Å². The van der Waals surface area contributed by atoms with Crippen LogP contribution in [0.15, 0.2) is 48.5 Å². The van der Waals surface area contributed by atoms with E-state index in [-0.39, 0.29) is 27.6 Å². The molecule has 2 amide bonds. The average molecular weight is 302 g/mol. The number of imide groups is 1. The van der Waals surface area contributed by atoms with E-state index in [4.69, 9.17) is 10.3 Å². The zero-order valence-electron chi connectivity index (χ0n) is 11.0. The van der Waals surface area contributed by atoms with E-state index < -0.39 is 16.7 Å². The minimum absolute atomic E-state index is 0.0159. The summed E-state index contributed by atoms with van der Waals surface area (Å²) in [5, 5.41) is 27.8. The maximum Gasteiger partial charge on any atom is 0.285 e. The summed E-state index contributed by atoms with van der Waals surface area (Å²) in [7, 11) is 0. The number of hydrogen-bond acceptors (Lipinski definition) is 6. The van der Waals surface area contributed by atoms with E-state index in [0.717, 1.165) is 0 Å². The number of aromatic hydroxyl groups is 1. The van der Waals surface area contributed by atoms with Crippen molar-refractivity contribution >= 4 is 17.5 Å². The maximum absolute atomic E-state index is 11.1. The number of nitro benzene ring substituents is 1. The first-order chi connectivity index (χ1) is 10.4. The highest BCUT2D eigenvalue weighted by Crippen LogP contribution is 2.20. The molecule has 1 heterocycles. The summed E-state index contributed by atoms with van der Waals surface area (Å²) in [6, 6.07) is 11.3. The molecule has 0 radical (unpaired) electrons. The van der Waals surface area contributed by atoms with Crippen LogP contribution in [0.2, 0.25) is 0 Å². The average Bonchev–Trinajstić information content (AvgIpc) is 2.74. The summed E-state index contributed by atoms with van der Waals surface area (Å²) in [6.07, 6.45) is 0. The predicted octanol–water partition coefficient (Wildman–Crippen LogP) is 1.97. The normalized spacial score (nSPS) is 12.5. The van der Waals surface area contributed by atoms with Crippen LogP contribution in [0.25, 0.3) is 0 Å². The molecule has 2 aromatic carbocycles. The molecule has 3 rings (SSSR count). The van der Waals surface area contributed by atoms with Gasteiger partial charge < -0.3 is 5.11 Å². The molecule has 0 fully saturated rings. The lowest BCUT2D eigenvalue weighted by Crippen LogP contribution is -2.25. The third kappa shape index (κ3) is 2.91. The van der Waals surface area contributed by atoms with Crippen molar-refractivity contribution in [2.45, 2.75) is 0 Å². The highest BCUT2D eigenvalue weighted by Gasteiger charge is 2.33. The van der Waals surface area contributed by atoms with Crippen molar-refractivity contribution < 1.29 is 24.8 Å². The summed E-state index contributed by atoms with van der Waals surface area (Å²) in [5.74, 6) is -1.28. The lowest BCUT2D eigenvalue weighted by atomic mass is 10.1. The van der Waals surface area contributed by atoms with Gasteiger partial charge in [-0.25, -0.2) is 0 Å². The molecule has 2 aromatic rings. The molecule has 112 valence electrons. The summed E-state index contributed by atoms with van der Waals surface area (Å²) in [6.45, 7) is 0. The van der Waals surface area contributed by atoms with Gasteiger partial charge in [0.25, 0.3) is 17.5 Å². The zero-order chi connectivity index (χ0) is 16.3. The van der Waals surface area contributed by atoms with Gasteiger partial charge in [0.1, 0.15) is 5.75 Å². The number of nitrogens with zero attached hydrogens (tertiary/aromatic N) is 2. The maximum atomic E-state index is 11.1. The number of phenolic OH excluding ortho intramolecular Hbond substituents is 1. The first kappa shape index (κ1) is 15.1. The van der Waals surface area contributed by atoms with E-state index in [1.165, 1.54) is 36.4 Å². The van der Waals surface area contributed by atoms with Gasteiger partial charge in [-0.2, -0.15) is 0 Å². The van der Waals surface area contributed by atoms with E-state index in [9.17, 15) is 19.7 Å². The predicted molar refractivity (Wildman–Crippen MR) is 73.5 cm³/mol. The van der Waals surface area contributed by atoms with Gasteiger partial charge >= 0.3 is 0 Å². The van der Waals surface area contributed by atoms with Crippen LogP contribution in [-0.4, -0.2) is 32.1 Å². The molecule has 0 saturated heterocycles. The van der Waals surface area contributed by atoms with Crippen LogP contribution in [0.5, 0.6) is 5.75 Å². The molecule has 8 heteroatoms. The quantitative estimate of drug-likeness (QED) is 0.359. The summed E-state index contributed by atoms with van der Waals surface area (Å²) < 4.78 is 0. The van der Waals surface area contributed by atoms with Crippen molar-refractivity contribution in [3.05, 3.63) is 69.8 Å². The standard InChI is InChI=1S/C8H5NO3.C6H5NO3/c10-7-5-3-1-2-4-6(5)8(11)9(7)12;8-6-3-1-5(2-4-6)7(9)10/h1-4,12H;1-4,8H. The second kappa shape index (κ2) is 6.02. The number of carbonyl (C=O) groups excluding carboxylic acids is 2. The molecular weight excluding hydrogens is 292 g/mol. The molecule has 8 nitrogen and oxygen atoms in total. The Bertz CT molecular complexity index is 706. The summed E-state index contributed by atoms with van der Waals surface area (Å²) >= 11 is 0. The summed E-state index contributed by atoms with van der Waals surface area (Å²) in [5.41, 5.74) is 0.493.